The van der Waals surface area contributed by atoms with E-state index in [1.165, 1.54) is 76.2 Å². The van der Waals surface area contributed by atoms with Gasteiger partial charge in [-0.25, -0.2) is 4.79 Å². The van der Waals surface area contributed by atoms with Crippen molar-refractivity contribution in [2.24, 2.45) is 23.7 Å². The summed E-state index contributed by atoms with van der Waals surface area (Å²) < 4.78 is 5.21. The maximum atomic E-state index is 11.9. The van der Waals surface area contributed by atoms with Crippen LogP contribution in [0.4, 0.5) is 0 Å². The van der Waals surface area contributed by atoms with Crippen LogP contribution < -0.4 is 0 Å². The minimum absolute atomic E-state index is 0.194. The van der Waals surface area contributed by atoms with Crippen LogP contribution in [0.1, 0.15) is 107 Å². The second-order valence-corrected chi connectivity index (χ2v) is 9.72. The summed E-state index contributed by atoms with van der Waals surface area (Å²) in [4.78, 5) is 11.9. The molecule has 2 heteroatoms. The molecule has 0 aliphatic heterocycles. The van der Waals surface area contributed by atoms with Gasteiger partial charge >= 0.3 is 5.97 Å². The standard InChI is InChI=1S/C27H42O2/c1-3-5-21-8-14-24(15-9-21)25-16-10-22(11-17-25)6-7-23-12-18-26(19-13-23)27(28)29-20-4-2/h12-13,18-19,21-22,24-25H,3-11,14-17,20H2,1-2H3/t21-,22?,24-,25?. The first-order chi connectivity index (χ1) is 14.2. The third-order valence-electron chi connectivity index (χ3n) is 7.61. The lowest BCUT2D eigenvalue weighted by molar-refractivity contribution is 0.0505. The lowest BCUT2D eigenvalue weighted by atomic mass is 9.68. The van der Waals surface area contributed by atoms with Gasteiger partial charge in [-0.05, 0) is 86.3 Å². The van der Waals surface area contributed by atoms with Crippen molar-refractivity contribution in [3.05, 3.63) is 35.4 Å². The highest BCUT2D eigenvalue weighted by molar-refractivity contribution is 5.89. The van der Waals surface area contributed by atoms with E-state index in [1.54, 1.807) is 0 Å². The average Bonchev–Trinajstić information content (AvgIpc) is 2.77. The minimum atomic E-state index is -0.194. The lowest BCUT2D eigenvalue weighted by Crippen LogP contribution is -2.26. The molecule has 2 nitrogen and oxygen atoms in total. The van der Waals surface area contributed by atoms with Gasteiger partial charge in [0.1, 0.15) is 0 Å². The van der Waals surface area contributed by atoms with E-state index in [0.29, 0.717) is 12.2 Å². The monoisotopic (exact) mass is 398 g/mol. The summed E-state index contributed by atoms with van der Waals surface area (Å²) in [5, 5.41) is 0. The van der Waals surface area contributed by atoms with Crippen LogP contribution in [-0.2, 0) is 11.2 Å². The molecule has 2 fully saturated rings. The highest BCUT2D eigenvalue weighted by Gasteiger charge is 2.30. The van der Waals surface area contributed by atoms with Gasteiger partial charge < -0.3 is 4.74 Å². The zero-order chi connectivity index (χ0) is 20.5. The minimum Gasteiger partial charge on any atom is -0.462 e. The van der Waals surface area contributed by atoms with E-state index >= 15 is 0 Å². The van der Waals surface area contributed by atoms with Gasteiger partial charge in [0.05, 0.1) is 12.2 Å². The predicted octanol–water partition coefficient (Wildman–Crippen LogP) is 7.60. The van der Waals surface area contributed by atoms with Crippen molar-refractivity contribution in [3.63, 3.8) is 0 Å². The Balaban J connectivity index is 1.35. The molecule has 0 saturated heterocycles. The molecule has 2 saturated carbocycles. The normalized spacial score (nSPS) is 27.5. The first-order valence-electron chi connectivity index (χ1n) is 12.5. The van der Waals surface area contributed by atoms with Crippen LogP contribution in [0, 0.1) is 23.7 Å². The van der Waals surface area contributed by atoms with Gasteiger partial charge in [0.2, 0.25) is 0 Å². The fraction of sp³-hybridized carbons (Fsp3) is 0.741. The first kappa shape index (κ1) is 22.4. The second-order valence-electron chi connectivity index (χ2n) is 9.72. The predicted molar refractivity (Wildman–Crippen MR) is 121 cm³/mol. The molecule has 3 rings (SSSR count). The molecule has 1 aromatic carbocycles. The Morgan fingerprint density at radius 3 is 1.86 bits per heavy atom. The van der Waals surface area contributed by atoms with Crippen molar-refractivity contribution in [2.45, 2.75) is 97.3 Å². The summed E-state index contributed by atoms with van der Waals surface area (Å²) in [6.07, 6.45) is 17.9. The zero-order valence-electron chi connectivity index (χ0n) is 18.8. The SMILES string of the molecule is CCCOC(=O)c1ccc(CCC2CCC([C@H]3CC[C@H](CCC)CC3)CC2)cc1. The Labute approximate surface area is 178 Å². The van der Waals surface area contributed by atoms with Gasteiger partial charge in [-0.2, -0.15) is 0 Å². The first-order valence-corrected chi connectivity index (χ1v) is 12.5. The number of hydrogen-bond donors (Lipinski definition) is 0. The largest absolute Gasteiger partial charge is 0.462 e. The number of rotatable bonds is 9. The Morgan fingerprint density at radius 2 is 1.34 bits per heavy atom. The van der Waals surface area contributed by atoms with Crippen molar-refractivity contribution in [1.82, 2.24) is 0 Å². The number of benzene rings is 1. The van der Waals surface area contributed by atoms with Crippen molar-refractivity contribution in [3.8, 4) is 0 Å². The number of carbonyl (C=O) groups excluding carboxylic acids is 1. The van der Waals surface area contributed by atoms with Crippen molar-refractivity contribution < 1.29 is 9.53 Å². The average molecular weight is 399 g/mol. The van der Waals surface area contributed by atoms with E-state index in [9.17, 15) is 4.79 Å². The molecular weight excluding hydrogens is 356 g/mol. The van der Waals surface area contributed by atoms with Crippen molar-refractivity contribution in [2.75, 3.05) is 6.61 Å². The van der Waals surface area contributed by atoms with Crippen LogP contribution in [0.2, 0.25) is 0 Å². The number of hydrogen-bond acceptors (Lipinski definition) is 2. The molecule has 0 N–H and O–H groups in total. The topological polar surface area (TPSA) is 26.3 Å². The number of aryl methyl sites for hydroxylation is 1. The summed E-state index contributed by atoms with van der Waals surface area (Å²) >= 11 is 0. The quantitative estimate of drug-likeness (QED) is 0.400. The third-order valence-corrected chi connectivity index (χ3v) is 7.61. The zero-order valence-corrected chi connectivity index (χ0v) is 18.8. The van der Waals surface area contributed by atoms with Crippen LogP contribution in [0.25, 0.3) is 0 Å². The fourth-order valence-electron chi connectivity index (χ4n) is 5.76. The van der Waals surface area contributed by atoms with E-state index in [0.717, 1.165) is 36.5 Å². The molecule has 1 aromatic rings. The highest BCUT2D eigenvalue weighted by atomic mass is 16.5. The molecule has 0 bridgehead atoms. The van der Waals surface area contributed by atoms with E-state index in [4.69, 9.17) is 4.74 Å². The fourth-order valence-corrected chi connectivity index (χ4v) is 5.76. The van der Waals surface area contributed by atoms with Crippen LogP contribution in [0.3, 0.4) is 0 Å². The van der Waals surface area contributed by atoms with Crippen LogP contribution in [0.5, 0.6) is 0 Å². The molecule has 2 aliphatic rings. The summed E-state index contributed by atoms with van der Waals surface area (Å²) in [7, 11) is 0. The summed E-state index contributed by atoms with van der Waals surface area (Å²) in [5.74, 6) is 3.79. The molecule has 0 radical (unpaired) electrons. The molecule has 0 aromatic heterocycles. The van der Waals surface area contributed by atoms with Gasteiger partial charge in [-0.3, -0.25) is 0 Å². The van der Waals surface area contributed by atoms with Gasteiger partial charge in [0.25, 0.3) is 0 Å². The Bertz CT molecular complexity index is 589. The molecule has 29 heavy (non-hydrogen) atoms. The molecule has 2 aliphatic carbocycles. The molecule has 0 spiro atoms. The summed E-state index contributed by atoms with van der Waals surface area (Å²) in [6.45, 7) is 4.86. The van der Waals surface area contributed by atoms with Crippen LogP contribution >= 0.6 is 0 Å². The maximum absolute atomic E-state index is 11.9. The molecule has 0 heterocycles. The smallest absolute Gasteiger partial charge is 0.338 e. The Hall–Kier alpha value is -1.31. The molecule has 162 valence electrons. The summed E-state index contributed by atoms with van der Waals surface area (Å²) in [6, 6.07) is 8.09. The molecule has 0 atom stereocenters. The molecule has 0 unspecified atom stereocenters. The van der Waals surface area contributed by atoms with Crippen LogP contribution in [0.15, 0.2) is 24.3 Å². The number of carbonyl (C=O) groups is 1. The number of esters is 1. The van der Waals surface area contributed by atoms with Gasteiger partial charge in [-0.15, -0.1) is 0 Å². The second kappa shape index (κ2) is 11.8. The molecular formula is C27H42O2. The van der Waals surface area contributed by atoms with E-state index in [-0.39, 0.29) is 5.97 Å². The van der Waals surface area contributed by atoms with Crippen LogP contribution in [-0.4, -0.2) is 12.6 Å². The van der Waals surface area contributed by atoms with Gasteiger partial charge in [0, 0.05) is 0 Å². The Kier molecular flexibility index (Phi) is 9.08. The molecule has 0 amide bonds. The van der Waals surface area contributed by atoms with Gasteiger partial charge in [-0.1, -0.05) is 64.5 Å². The highest BCUT2D eigenvalue weighted by Crippen LogP contribution is 2.42. The lowest BCUT2D eigenvalue weighted by Gasteiger charge is -2.38. The third kappa shape index (κ3) is 6.86. The van der Waals surface area contributed by atoms with E-state index in [2.05, 4.69) is 19.1 Å². The van der Waals surface area contributed by atoms with Crippen molar-refractivity contribution in [1.29, 1.82) is 0 Å². The van der Waals surface area contributed by atoms with E-state index < -0.39 is 0 Å². The number of ether oxygens (including phenoxy) is 1. The Morgan fingerprint density at radius 1 is 0.793 bits per heavy atom. The van der Waals surface area contributed by atoms with Gasteiger partial charge in [0.15, 0.2) is 0 Å². The summed E-state index contributed by atoms with van der Waals surface area (Å²) in [5.41, 5.74) is 2.03. The van der Waals surface area contributed by atoms with Crippen molar-refractivity contribution >= 4 is 5.97 Å². The van der Waals surface area contributed by atoms with E-state index in [1.807, 2.05) is 19.1 Å². The maximum Gasteiger partial charge on any atom is 0.338 e.